The number of imidazole rings is 1. The van der Waals surface area contributed by atoms with Gasteiger partial charge in [0, 0.05) is 25.5 Å². The first-order chi connectivity index (χ1) is 15.7. The molecular weight excluding hydrogens is 394 g/mol. The van der Waals surface area contributed by atoms with Crippen molar-refractivity contribution >= 4 is 5.91 Å². The molecule has 0 amide bonds. The smallest absolute Gasteiger partial charge is 0.232 e. The maximum absolute atomic E-state index is 12.8. The SMILES string of the molecule is CCCCCCCCCCCC(=O)n1cc(CCN)nc1CCCCCCCCCCC. The number of hydrogen-bond donors (Lipinski definition) is 1. The number of unbranched alkanes of at least 4 members (excludes halogenated alkanes) is 16. The molecular formula is C28H53N3O. The van der Waals surface area contributed by atoms with Crippen LogP contribution in [0.4, 0.5) is 0 Å². The molecule has 0 spiro atoms. The number of nitrogens with zero attached hydrogens (tertiary/aromatic N) is 2. The summed E-state index contributed by atoms with van der Waals surface area (Å²) in [4.78, 5) is 17.6. The fourth-order valence-corrected chi connectivity index (χ4v) is 4.43. The number of nitrogens with two attached hydrogens (primary N) is 1. The van der Waals surface area contributed by atoms with Gasteiger partial charge in [-0.3, -0.25) is 9.36 Å². The Bertz CT molecular complexity index is 567. The van der Waals surface area contributed by atoms with Gasteiger partial charge in [-0.2, -0.15) is 0 Å². The lowest BCUT2D eigenvalue weighted by Gasteiger charge is -2.07. The molecule has 4 heteroatoms. The molecule has 0 unspecified atom stereocenters. The van der Waals surface area contributed by atoms with E-state index >= 15 is 0 Å². The highest BCUT2D eigenvalue weighted by molar-refractivity contribution is 5.79. The van der Waals surface area contributed by atoms with E-state index in [1.165, 1.54) is 96.3 Å². The van der Waals surface area contributed by atoms with E-state index < -0.39 is 0 Å². The highest BCUT2D eigenvalue weighted by Crippen LogP contribution is 2.15. The lowest BCUT2D eigenvalue weighted by molar-refractivity contribution is 0.0895. The van der Waals surface area contributed by atoms with Crippen LogP contribution in [0.2, 0.25) is 0 Å². The maximum atomic E-state index is 12.8. The molecule has 2 N–H and O–H groups in total. The Morgan fingerprint density at radius 1 is 0.719 bits per heavy atom. The van der Waals surface area contributed by atoms with Gasteiger partial charge in [0.25, 0.3) is 0 Å². The Morgan fingerprint density at radius 3 is 1.69 bits per heavy atom. The van der Waals surface area contributed by atoms with Gasteiger partial charge in [0.1, 0.15) is 5.82 Å². The third-order valence-corrected chi connectivity index (χ3v) is 6.50. The molecule has 0 aromatic carbocycles. The highest BCUT2D eigenvalue weighted by Gasteiger charge is 2.13. The predicted molar refractivity (Wildman–Crippen MR) is 138 cm³/mol. The zero-order chi connectivity index (χ0) is 23.3. The standard InChI is InChI=1S/C28H53N3O/c1-3-5-7-9-11-13-15-17-19-21-27-30-26(23-24-29)25-31(27)28(32)22-20-18-16-14-12-10-8-6-4-2/h25H,3-24,29H2,1-2H3. The van der Waals surface area contributed by atoms with Crippen molar-refractivity contribution < 1.29 is 4.79 Å². The summed E-state index contributed by atoms with van der Waals surface area (Å²) in [6, 6.07) is 0. The van der Waals surface area contributed by atoms with Crippen molar-refractivity contribution in [3.05, 3.63) is 17.7 Å². The van der Waals surface area contributed by atoms with Gasteiger partial charge < -0.3 is 5.73 Å². The van der Waals surface area contributed by atoms with Gasteiger partial charge in [-0.05, 0) is 19.4 Å². The van der Waals surface area contributed by atoms with E-state index in [2.05, 4.69) is 13.8 Å². The van der Waals surface area contributed by atoms with Crippen molar-refractivity contribution in [3.63, 3.8) is 0 Å². The molecule has 1 rings (SSSR count). The van der Waals surface area contributed by atoms with E-state index in [-0.39, 0.29) is 5.91 Å². The van der Waals surface area contributed by atoms with Crippen LogP contribution in [0.15, 0.2) is 6.20 Å². The average Bonchev–Trinajstić information content (AvgIpc) is 3.19. The van der Waals surface area contributed by atoms with Crippen molar-refractivity contribution in [1.82, 2.24) is 9.55 Å². The monoisotopic (exact) mass is 447 g/mol. The van der Waals surface area contributed by atoms with E-state index in [1.807, 2.05) is 10.8 Å². The van der Waals surface area contributed by atoms with Gasteiger partial charge in [0.2, 0.25) is 5.91 Å². The Labute approximate surface area is 199 Å². The molecule has 4 nitrogen and oxygen atoms in total. The van der Waals surface area contributed by atoms with Crippen LogP contribution in [-0.4, -0.2) is 22.0 Å². The molecule has 0 aliphatic rings. The predicted octanol–water partition coefficient (Wildman–Crippen LogP) is 8.02. The van der Waals surface area contributed by atoms with Crippen LogP contribution in [-0.2, 0) is 12.8 Å². The fraction of sp³-hybridized carbons (Fsp3) is 0.857. The Balaban J connectivity index is 2.28. The second-order valence-electron chi connectivity index (χ2n) is 9.61. The van der Waals surface area contributed by atoms with Crippen molar-refractivity contribution in [1.29, 1.82) is 0 Å². The first-order valence-electron chi connectivity index (χ1n) is 14.0. The van der Waals surface area contributed by atoms with Crippen LogP contribution < -0.4 is 5.73 Å². The number of hydrogen-bond acceptors (Lipinski definition) is 3. The van der Waals surface area contributed by atoms with Crippen molar-refractivity contribution in [2.75, 3.05) is 6.54 Å². The molecule has 186 valence electrons. The number of carbonyl (C=O) groups excluding carboxylic acids is 1. The summed E-state index contributed by atoms with van der Waals surface area (Å²) in [5.74, 6) is 1.17. The summed E-state index contributed by atoms with van der Waals surface area (Å²) < 4.78 is 1.85. The summed E-state index contributed by atoms with van der Waals surface area (Å²) in [6.45, 7) is 5.11. The molecule has 0 atom stereocenters. The Hall–Kier alpha value is -1.16. The molecule has 1 heterocycles. The van der Waals surface area contributed by atoms with Crippen LogP contribution in [0, 0.1) is 0 Å². The molecule has 0 aliphatic heterocycles. The van der Waals surface area contributed by atoms with Crippen LogP contribution in [0.1, 0.15) is 152 Å². The van der Waals surface area contributed by atoms with Gasteiger partial charge in [-0.25, -0.2) is 4.98 Å². The fourth-order valence-electron chi connectivity index (χ4n) is 4.43. The van der Waals surface area contributed by atoms with Crippen molar-refractivity contribution in [3.8, 4) is 0 Å². The number of aryl methyl sites for hydroxylation is 1. The van der Waals surface area contributed by atoms with Crippen molar-refractivity contribution in [2.24, 2.45) is 5.73 Å². The number of aromatic nitrogens is 2. The van der Waals surface area contributed by atoms with E-state index in [1.54, 1.807) is 0 Å². The minimum absolute atomic E-state index is 0.217. The zero-order valence-electron chi connectivity index (χ0n) is 21.5. The topological polar surface area (TPSA) is 60.9 Å². The third kappa shape index (κ3) is 14.1. The lowest BCUT2D eigenvalue weighted by Crippen LogP contribution is -2.13. The minimum Gasteiger partial charge on any atom is -0.330 e. The highest BCUT2D eigenvalue weighted by atomic mass is 16.2. The summed E-state index contributed by atoms with van der Waals surface area (Å²) in [5.41, 5.74) is 6.70. The molecule has 0 fully saturated rings. The van der Waals surface area contributed by atoms with E-state index in [0.29, 0.717) is 13.0 Å². The van der Waals surface area contributed by atoms with Gasteiger partial charge in [0.15, 0.2) is 0 Å². The van der Waals surface area contributed by atoms with Gasteiger partial charge in [0.05, 0.1) is 5.69 Å². The first-order valence-corrected chi connectivity index (χ1v) is 14.0. The number of rotatable bonds is 22. The van der Waals surface area contributed by atoms with E-state index in [0.717, 1.165) is 43.6 Å². The normalized spacial score (nSPS) is 11.3. The summed E-state index contributed by atoms with van der Waals surface area (Å²) in [5, 5.41) is 0. The molecule has 0 bridgehead atoms. The quantitative estimate of drug-likeness (QED) is 0.183. The van der Waals surface area contributed by atoms with Gasteiger partial charge in [-0.15, -0.1) is 0 Å². The van der Waals surface area contributed by atoms with E-state index in [4.69, 9.17) is 10.7 Å². The van der Waals surface area contributed by atoms with Gasteiger partial charge in [-0.1, -0.05) is 117 Å². The average molecular weight is 448 g/mol. The van der Waals surface area contributed by atoms with Crippen LogP contribution in [0.3, 0.4) is 0 Å². The second kappa shape index (κ2) is 20.4. The second-order valence-corrected chi connectivity index (χ2v) is 9.61. The van der Waals surface area contributed by atoms with E-state index in [9.17, 15) is 4.79 Å². The molecule has 32 heavy (non-hydrogen) atoms. The summed E-state index contributed by atoms with van der Waals surface area (Å²) in [7, 11) is 0. The molecule has 0 radical (unpaired) electrons. The third-order valence-electron chi connectivity index (χ3n) is 6.50. The van der Waals surface area contributed by atoms with Crippen LogP contribution in [0.25, 0.3) is 0 Å². The van der Waals surface area contributed by atoms with Crippen LogP contribution in [0.5, 0.6) is 0 Å². The van der Waals surface area contributed by atoms with Crippen molar-refractivity contribution in [2.45, 2.75) is 149 Å². The summed E-state index contributed by atoms with van der Waals surface area (Å²) in [6.07, 6.45) is 27.6. The molecule has 1 aromatic rings. The van der Waals surface area contributed by atoms with Crippen LogP contribution >= 0.6 is 0 Å². The molecule has 0 aliphatic carbocycles. The minimum atomic E-state index is 0.217. The lowest BCUT2D eigenvalue weighted by atomic mass is 10.1. The molecule has 1 aromatic heterocycles. The molecule has 0 saturated heterocycles. The Kier molecular flexibility index (Phi) is 18.4. The first kappa shape index (κ1) is 28.9. The van der Waals surface area contributed by atoms with Gasteiger partial charge >= 0.3 is 0 Å². The number of carbonyl (C=O) groups is 1. The maximum Gasteiger partial charge on any atom is 0.232 e. The molecule has 0 saturated carbocycles. The largest absolute Gasteiger partial charge is 0.330 e. The summed E-state index contributed by atoms with van der Waals surface area (Å²) >= 11 is 0. The Morgan fingerprint density at radius 2 is 1.19 bits per heavy atom. The zero-order valence-corrected chi connectivity index (χ0v) is 21.5.